The van der Waals surface area contributed by atoms with Crippen LogP contribution in [0.3, 0.4) is 0 Å². The summed E-state index contributed by atoms with van der Waals surface area (Å²) in [5.41, 5.74) is 6.07. The zero-order valence-electron chi connectivity index (χ0n) is 9.65. The Hall–Kier alpha value is -0.0800. The highest BCUT2D eigenvalue weighted by Crippen LogP contribution is 2.39. The van der Waals surface area contributed by atoms with Gasteiger partial charge in [-0.25, -0.2) is 0 Å². The van der Waals surface area contributed by atoms with E-state index in [0.29, 0.717) is 5.41 Å². The standard InChI is InChI=1S/C12H26N2/c1-12(7-6-8-12)11-14-10-5-3-2-4-9-13/h14H,2-11,13H2,1H3. The fourth-order valence-electron chi connectivity index (χ4n) is 2.10. The maximum atomic E-state index is 5.44. The minimum Gasteiger partial charge on any atom is -0.330 e. The van der Waals surface area contributed by atoms with Crippen molar-refractivity contribution in [2.75, 3.05) is 19.6 Å². The van der Waals surface area contributed by atoms with Crippen LogP contribution in [0.4, 0.5) is 0 Å². The molecule has 0 radical (unpaired) electrons. The molecule has 84 valence electrons. The summed E-state index contributed by atoms with van der Waals surface area (Å²) in [6.07, 6.45) is 9.43. The Labute approximate surface area is 88.6 Å². The lowest BCUT2D eigenvalue weighted by molar-refractivity contribution is 0.157. The molecule has 1 rings (SSSR count). The first-order valence-corrected chi connectivity index (χ1v) is 6.18. The average molecular weight is 198 g/mol. The fraction of sp³-hybridized carbons (Fsp3) is 1.00. The molecule has 0 aliphatic heterocycles. The van der Waals surface area contributed by atoms with E-state index in [2.05, 4.69) is 12.2 Å². The summed E-state index contributed by atoms with van der Waals surface area (Å²) in [5, 5.41) is 3.57. The van der Waals surface area contributed by atoms with Gasteiger partial charge in [-0.1, -0.05) is 26.2 Å². The van der Waals surface area contributed by atoms with Crippen LogP contribution in [0.5, 0.6) is 0 Å². The van der Waals surface area contributed by atoms with Gasteiger partial charge in [0.15, 0.2) is 0 Å². The molecule has 0 atom stereocenters. The summed E-state index contributed by atoms with van der Waals surface area (Å²) in [6.45, 7) is 5.67. The van der Waals surface area contributed by atoms with E-state index in [-0.39, 0.29) is 0 Å². The lowest BCUT2D eigenvalue weighted by Crippen LogP contribution is -2.37. The fourth-order valence-corrected chi connectivity index (χ4v) is 2.10. The highest BCUT2D eigenvalue weighted by atomic mass is 14.9. The second-order valence-electron chi connectivity index (χ2n) is 5.04. The second-order valence-corrected chi connectivity index (χ2v) is 5.04. The van der Waals surface area contributed by atoms with Crippen molar-refractivity contribution in [3.63, 3.8) is 0 Å². The lowest BCUT2D eigenvalue weighted by Gasteiger charge is -2.38. The largest absolute Gasteiger partial charge is 0.330 e. The molecule has 0 spiro atoms. The summed E-state index contributed by atoms with van der Waals surface area (Å²) in [5.74, 6) is 0. The van der Waals surface area contributed by atoms with Crippen molar-refractivity contribution in [1.29, 1.82) is 0 Å². The summed E-state index contributed by atoms with van der Waals surface area (Å²) < 4.78 is 0. The van der Waals surface area contributed by atoms with Crippen molar-refractivity contribution in [2.45, 2.75) is 51.9 Å². The van der Waals surface area contributed by atoms with Gasteiger partial charge in [0.25, 0.3) is 0 Å². The van der Waals surface area contributed by atoms with Gasteiger partial charge in [0.2, 0.25) is 0 Å². The molecule has 1 aliphatic carbocycles. The first-order chi connectivity index (χ1) is 6.77. The second kappa shape index (κ2) is 6.41. The number of hydrogen-bond acceptors (Lipinski definition) is 2. The highest BCUT2D eigenvalue weighted by molar-refractivity contribution is 4.84. The van der Waals surface area contributed by atoms with Crippen LogP contribution in [0.25, 0.3) is 0 Å². The molecule has 14 heavy (non-hydrogen) atoms. The van der Waals surface area contributed by atoms with Crippen molar-refractivity contribution >= 4 is 0 Å². The Kier molecular flexibility index (Phi) is 5.49. The topological polar surface area (TPSA) is 38.0 Å². The molecule has 0 amide bonds. The Morgan fingerprint density at radius 3 is 2.43 bits per heavy atom. The van der Waals surface area contributed by atoms with Crippen LogP contribution in [0.1, 0.15) is 51.9 Å². The highest BCUT2D eigenvalue weighted by Gasteiger charge is 2.30. The molecule has 0 aromatic rings. The van der Waals surface area contributed by atoms with Gasteiger partial charge in [0.05, 0.1) is 0 Å². The number of nitrogens with two attached hydrogens (primary N) is 1. The summed E-state index contributed by atoms with van der Waals surface area (Å²) in [7, 11) is 0. The van der Waals surface area contributed by atoms with E-state index in [9.17, 15) is 0 Å². The predicted molar refractivity (Wildman–Crippen MR) is 62.4 cm³/mol. The molecule has 0 saturated heterocycles. The lowest BCUT2D eigenvalue weighted by atomic mass is 9.70. The summed E-state index contributed by atoms with van der Waals surface area (Å²) >= 11 is 0. The van der Waals surface area contributed by atoms with Crippen LogP contribution >= 0.6 is 0 Å². The Morgan fingerprint density at radius 2 is 1.86 bits per heavy atom. The molecule has 0 unspecified atom stereocenters. The third kappa shape index (κ3) is 4.43. The van der Waals surface area contributed by atoms with Crippen LogP contribution in [0.15, 0.2) is 0 Å². The Balaban J connectivity index is 1.80. The van der Waals surface area contributed by atoms with Gasteiger partial charge in [0, 0.05) is 6.54 Å². The minimum absolute atomic E-state index is 0.636. The van der Waals surface area contributed by atoms with Gasteiger partial charge in [-0.2, -0.15) is 0 Å². The van der Waals surface area contributed by atoms with E-state index in [4.69, 9.17) is 5.73 Å². The molecule has 2 nitrogen and oxygen atoms in total. The van der Waals surface area contributed by atoms with Crippen molar-refractivity contribution in [3.05, 3.63) is 0 Å². The predicted octanol–water partition coefficient (Wildman–Crippen LogP) is 2.29. The normalized spacial score (nSPS) is 19.3. The summed E-state index contributed by atoms with van der Waals surface area (Å²) in [4.78, 5) is 0. The third-order valence-electron chi connectivity index (χ3n) is 3.42. The maximum Gasteiger partial charge on any atom is 0.000516 e. The van der Waals surface area contributed by atoms with Crippen LogP contribution in [0, 0.1) is 5.41 Å². The molecule has 1 saturated carbocycles. The smallest absolute Gasteiger partial charge is 0.000516 e. The van der Waals surface area contributed by atoms with Crippen LogP contribution in [0.2, 0.25) is 0 Å². The van der Waals surface area contributed by atoms with E-state index in [1.165, 1.54) is 58.0 Å². The Morgan fingerprint density at radius 1 is 1.14 bits per heavy atom. The first-order valence-electron chi connectivity index (χ1n) is 6.18. The molecule has 0 bridgehead atoms. The monoisotopic (exact) mass is 198 g/mol. The van der Waals surface area contributed by atoms with Gasteiger partial charge in [0.1, 0.15) is 0 Å². The minimum atomic E-state index is 0.636. The Bertz CT molecular complexity index is 141. The van der Waals surface area contributed by atoms with E-state index in [0.717, 1.165) is 6.54 Å². The van der Waals surface area contributed by atoms with E-state index in [1.807, 2.05) is 0 Å². The summed E-state index contributed by atoms with van der Waals surface area (Å²) in [6, 6.07) is 0. The molecule has 0 aromatic carbocycles. The van der Waals surface area contributed by atoms with E-state index < -0.39 is 0 Å². The van der Waals surface area contributed by atoms with Gasteiger partial charge in [-0.05, 0) is 44.2 Å². The molecule has 3 N–H and O–H groups in total. The molecule has 1 fully saturated rings. The number of hydrogen-bond donors (Lipinski definition) is 2. The van der Waals surface area contributed by atoms with Crippen LogP contribution in [-0.4, -0.2) is 19.6 Å². The molecule has 0 heterocycles. The molecular weight excluding hydrogens is 172 g/mol. The molecule has 0 aromatic heterocycles. The van der Waals surface area contributed by atoms with Gasteiger partial charge >= 0.3 is 0 Å². The zero-order chi connectivity index (χ0) is 10.3. The van der Waals surface area contributed by atoms with E-state index in [1.54, 1.807) is 0 Å². The van der Waals surface area contributed by atoms with Gasteiger partial charge in [-0.15, -0.1) is 0 Å². The number of unbranched alkanes of at least 4 members (excludes halogenated alkanes) is 3. The molecule has 2 heteroatoms. The zero-order valence-corrected chi connectivity index (χ0v) is 9.65. The van der Waals surface area contributed by atoms with Crippen molar-refractivity contribution < 1.29 is 0 Å². The van der Waals surface area contributed by atoms with Crippen molar-refractivity contribution in [3.8, 4) is 0 Å². The maximum absolute atomic E-state index is 5.44. The first kappa shape index (κ1) is 12.0. The third-order valence-corrected chi connectivity index (χ3v) is 3.42. The number of nitrogens with one attached hydrogen (secondary N) is 1. The van der Waals surface area contributed by atoms with Crippen LogP contribution in [-0.2, 0) is 0 Å². The van der Waals surface area contributed by atoms with E-state index >= 15 is 0 Å². The van der Waals surface area contributed by atoms with Crippen molar-refractivity contribution in [1.82, 2.24) is 5.32 Å². The van der Waals surface area contributed by atoms with Gasteiger partial charge < -0.3 is 11.1 Å². The molecule has 1 aliphatic rings. The molecular formula is C12H26N2. The van der Waals surface area contributed by atoms with Gasteiger partial charge in [-0.3, -0.25) is 0 Å². The quantitative estimate of drug-likeness (QED) is 0.587. The number of rotatable bonds is 8. The average Bonchev–Trinajstić information content (AvgIpc) is 2.14. The SMILES string of the molecule is CC1(CNCCCCCCN)CCC1. The van der Waals surface area contributed by atoms with Crippen molar-refractivity contribution in [2.24, 2.45) is 11.1 Å². The van der Waals surface area contributed by atoms with Crippen LogP contribution < -0.4 is 11.1 Å².